The van der Waals surface area contributed by atoms with E-state index in [4.69, 9.17) is 0 Å². The molecule has 1 N–H and O–H groups in total. The van der Waals surface area contributed by atoms with Crippen LogP contribution >= 0.6 is 0 Å². The maximum atomic E-state index is 12.5. The molecule has 136 valence electrons. The second-order valence-corrected chi connectivity index (χ2v) is 7.09. The number of nitrogens with zero attached hydrogens (tertiary/aromatic N) is 2. The van der Waals surface area contributed by atoms with Crippen LogP contribution in [-0.2, 0) is 9.59 Å². The summed E-state index contributed by atoms with van der Waals surface area (Å²) in [6.07, 6.45) is -0.700. The highest BCUT2D eigenvalue weighted by molar-refractivity contribution is 5.88. The standard InChI is InChI=1S/C16H24F3N3O2/c17-16(18,19)7-10-22-11-20-14(24)15(22)5-8-21(9-6-15)12-3-1-2-4-13(12)23/h12H,1-11H2,(H,20,24). The number of carbonyl (C=O) groups excluding carboxylic acids is 2. The lowest BCUT2D eigenvalue weighted by Crippen LogP contribution is -2.59. The molecule has 3 fully saturated rings. The number of ketones is 1. The van der Waals surface area contributed by atoms with Crippen LogP contribution < -0.4 is 5.32 Å². The maximum absolute atomic E-state index is 12.5. The third kappa shape index (κ3) is 3.44. The van der Waals surface area contributed by atoms with E-state index in [2.05, 4.69) is 10.2 Å². The molecule has 1 amide bonds. The summed E-state index contributed by atoms with van der Waals surface area (Å²) in [5.41, 5.74) is -0.834. The molecular weight excluding hydrogens is 323 g/mol. The van der Waals surface area contributed by atoms with Gasteiger partial charge in [0.2, 0.25) is 5.91 Å². The molecule has 1 unspecified atom stereocenters. The molecule has 5 nitrogen and oxygen atoms in total. The molecule has 24 heavy (non-hydrogen) atoms. The van der Waals surface area contributed by atoms with Gasteiger partial charge in [-0.3, -0.25) is 19.4 Å². The third-order valence-electron chi connectivity index (χ3n) is 5.71. The highest BCUT2D eigenvalue weighted by atomic mass is 19.4. The van der Waals surface area contributed by atoms with E-state index < -0.39 is 18.1 Å². The van der Waals surface area contributed by atoms with E-state index in [1.807, 2.05) is 0 Å². The summed E-state index contributed by atoms with van der Waals surface area (Å²) in [7, 11) is 0. The van der Waals surface area contributed by atoms with Gasteiger partial charge in [0.15, 0.2) is 0 Å². The number of rotatable bonds is 3. The zero-order valence-corrected chi connectivity index (χ0v) is 13.7. The Morgan fingerprint density at radius 2 is 1.88 bits per heavy atom. The largest absolute Gasteiger partial charge is 0.390 e. The van der Waals surface area contributed by atoms with Crippen molar-refractivity contribution in [3.05, 3.63) is 0 Å². The van der Waals surface area contributed by atoms with Gasteiger partial charge in [0.1, 0.15) is 11.3 Å². The van der Waals surface area contributed by atoms with Crippen molar-refractivity contribution in [2.24, 2.45) is 0 Å². The summed E-state index contributed by atoms with van der Waals surface area (Å²) in [6, 6.07) is -0.0656. The molecule has 0 bridgehead atoms. The number of piperidine rings is 1. The number of nitrogens with one attached hydrogen (secondary N) is 1. The molecule has 8 heteroatoms. The van der Waals surface area contributed by atoms with Gasteiger partial charge < -0.3 is 5.32 Å². The van der Waals surface area contributed by atoms with Crippen molar-refractivity contribution in [2.75, 3.05) is 26.3 Å². The van der Waals surface area contributed by atoms with Crippen LogP contribution in [0.4, 0.5) is 13.2 Å². The fourth-order valence-corrected chi connectivity index (χ4v) is 4.28. The summed E-state index contributed by atoms with van der Waals surface area (Å²) in [6.45, 7) is 1.20. The second kappa shape index (κ2) is 6.63. The van der Waals surface area contributed by atoms with Crippen LogP contribution in [0.5, 0.6) is 0 Å². The first-order valence-corrected chi connectivity index (χ1v) is 8.69. The second-order valence-electron chi connectivity index (χ2n) is 7.09. The lowest BCUT2D eigenvalue weighted by Gasteiger charge is -2.45. The van der Waals surface area contributed by atoms with Crippen LogP contribution in [0.25, 0.3) is 0 Å². The first-order chi connectivity index (χ1) is 11.3. The summed E-state index contributed by atoms with van der Waals surface area (Å²) >= 11 is 0. The minimum atomic E-state index is -4.22. The lowest BCUT2D eigenvalue weighted by molar-refractivity contribution is -0.145. The van der Waals surface area contributed by atoms with Crippen LogP contribution in [0, 0.1) is 0 Å². The number of Topliss-reactive ketones (excluding diaryl/α,β-unsaturated/α-hetero) is 1. The van der Waals surface area contributed by atoms with Crippen LogP contribution in [0.2, 0.25) is 0 Å². The smallest absolute Gasteiger partial charge is 0.342 e. The van der Waals surface area contributed by atoms with Crippen LogP contribution in [0.15, 0.2) is 0 Å². The summed E-state index contributed by atoms with van der Waals surface area (Å²) in [5.74, 6) is 0.0984. The molecule has 2 aliphatic heterocycles. The van der Waals surface area contributed by atoms with Gasteiger partial charge in [-0.1, -0.05) is 6.42 Å². The summed E-state index contributed by atoms with van der Waals surface area (Å²) < 4.78 is 37.6. The van der Waals surface area contributed by atoms with Crippen molar-refractivity contribution < 1.29 is 22.8 Å². The topological polar surface area (TPSA) is 52.7 Å². The Morgan fingerprint density at radius 3 is 2.50 bits per heavy atom. The molecule has 0 aromatic heterocycles. The first kappa shape index (κ1) is 17.7. The van der Waals surface area contributed by atoms with E-state index in [0.717, 1.165) is 19.3 Å². The molecule has 2 heterocycles. The molecule has 3 rings (SSSR count). The van der Waals surface area contributed by atoms with Crippen molar-refractivity contribution in [1.29, 1.82) is 0 Å². The summed E-state index contributed by atoms with van der Waals surface area (Å²) in [5, 5.41) is 2.70. The van der Waals surface area contributed by atoms with E-state index in [1.165, 1.54) is 0 Å². The van der Waals surface area contributed by atoms with Gasteiger partial charge in [0.25, 0.3) is 0 Å². The Kier molecular flexibility index (Phi) is 4.88. The number of likely N-dealkylation sites (tertiary alicyclic amines) is 1. The molecular formula is C16H24F3N3O2. The molecule has 1 atom stereocenters. The van der Waals surface area contributed by atoms with Gasteiger partial charge in [-0.2, -0.15) is 13.2 Å². The Labute approximate surface area is 139 Å². The highest BCUT2D eigenvalue weighted by Gasteiger charge is 2.51. The van der Waals surface area contributed by atoms with Gasteiger partial charge in [0, 0.05) is 26.1 Å². The Balaban J connectivity index is 1.63. The SMILES string of the molecule is O=C1CCCCC1N1CCC2(CC1)C(=O)NCN2CCC(F)(F)F. The lowest BCUT2D eigenvalue weighted by atomic mass is 9.83. The van der Waals surface area contributed by atoms with E-state index in [1.54, 1.807) is 4.90 Å². The van der Waals surface area contributed by atoms with Crippen molar-refractivity contribution in [3.8, 4) is 0 Å². The predicted molar refractivity (Wildman–Crippen MR) is 81.2 cm³/mol. The van der Waals surface area contributed by atoms with Crippen LogP contribution in [0.1, 0.15) is 44.9 Å². The van der Waals surface area contributed by atoms with Crippen molar-refractivity contribution in [1.82, 2.24) is 15.1 Å². The molecule has 0 aromatic rings. The first-order valence-electron chi connectivity index (χ1n) is 8.69. The molecule has 0 radical (unpaired) electrons. The van der Waals surface area contributed by atoms with E-state index in [0.29, 0.717) is 32.4 Å². The molecule has 1 saturated carbocycles. The van der Waals surface area contributed by atoms with Crippen LogP contribution in [0.3, 0.4) is 0 Å². The van der Waals surface area contributed by atoms with Crippen molar-refractivity contribution in [2.45, 2.75) is 62.7 Å². The molecule has 1 spiro atoms. The number of halogens is 3. The zero-order valence-electron chi connectivity index (χ0n) is 13.7. The number of carbonyl (C=O) groups is 2. The number of hydrogen-bond donors (Lipinski definition) is 1. The number of hydrogen-bond acceptors (Lipinski definition) is 4. The quantitative estimate of drug-likeness (QED) is 0.844. The van der Waals surface area contributed by atoms with Gasteiger partial charge in [-0.15, -0.1) is 0 Å². The average molecular weight is 347 g/mol. The number of amides is 1. The Hall–Kier alpha value is -1.15. The Bertz CT molecular complexity index is 501. The van der Waals surface area contributed by atoms with Gasteiger partial charge in [-0.25, -0.2) is 0 Å². The fourth-order valence-electron chi connectivity index (χ4n) is 4.28. The highest BCUT2D eigenvalue weighted by Crippen LogP contribution is 2.35. The van der Waals surface area contributed by atoms with E-state index in [-0.39, 0.29) is 30.9 Å². The zero-order chi connectivity index (χ0) is 17.4. The summed E-state index contributed by atoms with van der Waals surface area (Å²) in [4.78, 5) is 28.2. The fraction of sp³-hybridized carbons (Fsp3) is 0.875. The minimum Gasteiger partial charge on any atom is -0.342 e. The average Bonchev–Trinajstić information content (AvgIpc) is 2.83. The van der Waals surface area contributed by atoms with Gasteiger partial charge in [0.05, 0.1) is 19.1 Å². The monoisotopic (exact) mass is 347 g/mol. The normalized spacial score (nSPS) is 29.2. The minimum absolute atomic E-state index is 0.0656. The van der Waals surface area contributed by atoms with E-state index >= 15 is 0 Å². The molecule has 2 saturated heterocycles. The van der Waals surface area contributed by atoms with Gasteiger partial charge >= 0.3 is 6.18 Å². The number of alkyl halides is 3. The van der Waals surface area contributed by atoms with E-state index in [9.17, 15) is 22.8 Å². The molecule has 3 aliphatic rings. The molecule has 1 aliphatic carbocycles. The third-order valence-corrected chi connectivity index (χ3v) is 5.71. The molecule has 0 aromatic carbocycles. The predicted octanol–water partition coefficient (Wildman–Crippen LogP) is 1.67. The van der Waals surface area contributed by atoms with Crippen molar-refractivity contribution >= 4 is 11.7 Å². The van der Waals surface area contributed by atoms with Gasteiger partial charge in [-0.05, 0) is 25.7 Å². The Morgan fingerprint density at radius 1 is 1.17 bits per heavy atom. The maximum Gasteiger partial charge on any atom is 0.390 e. The van der Waals surface area contributed by atoms with Crippen molar-refractivity contribution in [3.63, 3.8) is 0 Å². The van der Waals surface area contributed by atoms with Crippen LogP contribution in [-0.4, -0.2) is 65.6 Å².